The highest BCUT2D eigenvalue weighted by molar-refractivity contribution is 5.67. The molecule has 1 unspecified atom stereocenters. The van der Waals surface area contributed by atoms with E-state index in [0.717, 1.165) is 36.0 Å². The fourth-order valence-electron chi connectivity index (χ4n) is 3.81. The zero-order valence-corrected chi connectivity index (χ0v) is 14.0. The molecule has 4 heteroatoms. The first-order chi connectivity index (χ1) is 11.5. The number of primary amides is 1. The van der Waals surface area contributed by atoms with Crippen molar-refractivity contribution in [2.45, 2.75) is 39.2 Å². The molecule has 0 saturated carbocycles. The molecule has 0 fully saturated rings. The molecule has 2 aromatic rings. The molecule has 0 aromatic heterocycles. The van der Waals surface area contributed by atoms with Crippen LogP contribution in [-0.4, -0.2) is 6.09 Å². The molecule has 0 spiro atoms. The van der Waals surface area contributed by atoms with Gasteiger partial charge in [0.25, 0.3) is 0 Å². The monoisotopic (exact) mass is 327 g/mol. The third kappa shape index (κ3) is 2.77. The van der Waals surface area contributed by atoms with Crippen LogP contribution in [0, 0.1) is 11.2 Å². The molecule has 3 nitrogen and oxygen atoms in total. The lowest BCUT2D eigenvalue weighted by molar-refractivity contribution is 0.0140. The van der Waals surface area contributed by atoms with E-state index < -0.39 is 6.09 Å². The first-order valence-electron chi connectivity index (χ1n) is 8.34. The lowest BCUT2D eigenvalue weighted by Crippen LogP contribution is -2.30. The molecule has 2 aromatic carbocycles. The summed E-state index contributed by atoms with van der Waals surface area (Å²) in [4.78, 5) is 11.4. The highest BCUT2D eigenvalue weighted by Crippen LogP contribution is 2.52. The second kappa shape index (κ2) is 6.27. The van der Waals surface area contributed by atoms with E-state index in [4.69, 9.17) is 10.5 Å². The number of nitrogens with two attached hydrogens (primary N) is 1. The molecular formula is C20H22FNO2. The Morgan fingerprint density at radius 3 is 2.38 bits per heavy atom. The summed E-state index contributed by atoms with van der Waals surface area (Å²) in [5, 5.41) is 0. The van der Waals surface area contributed by atoms with Gasteiger partial charge in [-0.05, 0) is 53.6 Å². The Morgan fingerprint density at radius 2 is 1.79 bits per heavy atom. The number of fused-ring (bicyclic) bond motifs is 1. The fraction of sp³-hybridized carbons (Fsp3) is 0.350. The number of carbonyl (C=O) groups excluding carboxylic acids is 1. The lowest BCUT2D eigenvalue weighted by atomic mass is 9.77. The summed E-state index contributed by atoms with van der Waals surface area (Å²) in [5.41, 5.74) is 9.40. The van der Waals surface area contributed by atoms with Crippen molar-refractivity contribution in [1.82, 2.24) is 0 Å². The first kappa shape index (κ1) is 16.5. The van der Waals surface area contributed by atoms with Crippen molar-refractivity contribution in [2.75, 3.05) is 0 Å². The molecule has 0 heterocycles. The minimum Gasteiger partial charge on any atom is -0.441 e. The van der Waals surface area contributed by atoms with Crippen LogP contribution in [0.2, 0.25) is 0 Å². The SMILES string of the molecule is CCC1(CC)Cc2cc(-c3ccc(F)cc3)ccc2C1OC(N)=O. The molecule has 126 valence electrons. The van der Waals surface area contributed by atoms with Gasteiger partial charge in [-0.1, -0.05) is 44.2 Å². The third-order valence-electron chi connectivity index (χ3n) is 5.34. The van der Waals surface area contributed by atoms with E-state index in [1.54, 1.807) is 12.1 Å². The molecule has 1 aliphatic carbocycles. The largest absolute Gasteiger partial charge is 0.441 e. The number of hydrogen-bond donors (Lipinski definition) is 1. The average Bonchev–Trinajstić information content (AvgIpc) is 2.88. The van der Waals surface area contributed by atoms with Crippen molar-refractivity contribution >= 4 is 6.09 Å². The second-order valence-electron chi connectivity index (χ2n) is 6.48. The second-order valence-corrected chi connectivity index (χ2v) is 6.48. The van der Waals surface area contributed by atoms with Crippen molar-refractivity contribution in [3.63, 3.8) is 0 Å². The molecule has 24 heavy (non-hydrogen) atoms. The molecule has 3 rings (SSSR count). The van der Waals surface area contributed by atoms with E-state index in [1.165, 1.54) is 17.7 Å². The highest BCUT2D eigenvalue weighted by Gasteiger charge is 2.46. The minimum atomic E-state index is -0.735. The van der Waals surface area contributed by atoms with Gasteiger partial charge < -0.3 is 10.5 Å². The van der Waals surface area contributed by atoms with Gasteiger partial charge in [-0.15, -0.1) is 0 Å². The maximum Gasteiger partial charge on any atom is 0.405 e. The van der Waals surface area contributed by atoms with Gasteiger partial charge in [-0.25, -0.2) is 9.18 Å². The number of rotatable bonds is 4. The smallest absolute Gasteiger partial charge is 0.405 e. The molecule has 0 aliphatic heterocycles. The molecule has 0 bridgehead atoms. The number of halogens is 1. The maximum atomic E-state index is 13.1. The highest BCUT2D eigenvalue weighted by atomic mass is 19.1. The van der Waals surface area contributed by atoms with Crippen LogP contribution in [-0.2, 0) is 11.2 Å². The van der Waals surface area contributed by atoms with Gasteiger partial charge in [-0.2, -0.15) is 0 Å². The van der Waals surface area contributed by atoms with Gasteiger partial charge in [0.1, 0.15) is 11.9 Å². The fourth-order valence-corrected chi connectivity index (χ4v) is 3.81. The van der Waals surface area contributed by atoms with Crippen LogP contribution in [0.3, 0.4) is 0 Å². The van der Waals surface area contributed by atoms with E-state index in [0.29, 0.717) is 0 Å². The van der Waals surface area contributed by atoms with Gasteiger partial charge in [0.05, 0.1) is 0 Å². The summed E-state index contributed by atoms with van der Waals surface area (Å²) in [5.74, 6) is -0.245. The summed E-state index contributed by atoms with van der Waals surface area (Å²) in [6.45, 7) is 4.24. The van der Waals surface area contributed by atoms with E-state index in [1.807, 2.05) is 12.1 Å². The predicted molar refractivity (Wildman–Crippen MR) is 92.0 cm³/mol. The van der Waals surface area contributed by atoms with Gasteiger partial charge in [0.2, 0.25) is 0 Å². The zero-order chi connectivity index (χ0) is 17.3. The normalized spacial score (nSPS) is 18.2. The van der Waals surface area contributed by atoms with Gasteiger partial charge in [-0.3, -0.25) is 0 Å². The van der Waals surface area contributed by atoms with Gasteiger partial charge >= 0.3 is 6.09 Å². The van der Waals surface area contributed by atoms with E-state index in [-0.39, 0.29) is 17.3 Å². The van der Waals surface area contributed by atoms with Crippen LogP contribution in [0.15, 0.2) is 42.5 Å². The van der Waals surface area contributed by atoms with Gasteiger partial charge in [0.15, 0.2) is 0 Å². The van der Waals surface area contributed by atoms with Crippen molar-refractivity contribution < 1.29 is 13.9 Å². The summed E-state index contributed by atoms with van der Waals surface area (Å²) in [6, 6.07) is 12.6. The number of benzene rings is 2. The van der Waals surface area contributed by atoms with Crippen LogP contribution in [0.25, 0.3) is 11.1 Å². The number of carbonyl (C=O) groups is 1. The van der Waals surface area contributed by atoms with Gasteiger partial charge in [0, 0.05) is 5.41 Å². The Labute approximate surface area is 141 Å². The quantitative estimate of drug-likeness (QED) is 0.860. The molecule has 1 aliphatic rings. The standard InChI is InChI=1S/C20H22FNO2/c1-3-20(4-2)12-15-11-14(13-5-8-16(21)9-6-13)7-10-17(15)18(20)24-19(22)23/h5-11,18H,3-4,12H2,1-2H3,(H2,22,23). The summed E-state index contributed by atoms with van der Waals surface area (Å²) in [7, 11) is 0. The van der Waals surface area contributed by atoms with Crippen LogP contribution < -0.4 is 5.73 Å². The third-order valence-corrected chi connectivity index (χ3v) is 5.34. The summed E-state index contributed by atoms with van der Waals surface area (Å²) in [6.07, 6.45) is 1.62. The predicted octanol–water partition coefficient (Wildman–Crippen LogP) is 4.99. The Balaban J connectivity index is 2.02. The van der Waals surface area contributed by atoms with E-state index in [2.05, 4.69) is 19.9 Å². The first-order valence-corrected chi connectivity index (χ1v) is 8.34. The van der Waals surface area contributed by atoms with Crippen LogP contribution in [0.4, 0.5) is 9.18 Å². The van der Waals surface area contributed by atoms with Crippen molar-refractivity contribution in [3.8, 4) is 11.1 Å². The summed E-state index contributed by atoms with van der Waals surface area (Å²) >= 11 is 0. The van der Waals surface area contributed by atoms with Crippen LogP contribution >= 0.6 is 0 Å². The van der Waals surface area contributed by atoms with Crippen molar-refractivity contribution in [2.24, 2.45) is 11.1 Å². The molecular weight excluding hydrogens is 305 g/mol. The topological polar surface area (TPSA) is 52.3 Å². The maximum absolute atomic E-state index is 13.1. The molecule has 1 amide bonds. The minimum absolute atomic E-state index is 0.112. The summed E-state index contributed by atoms with van der Waals surface area (Å²) < 4.78 is 18.6. The average molecular weight is 327 g/mol. The Hall–Kier alpha value is -2.36. The van der Waals surface area contributed by atoms with Crippen molar-refractivity contribution in [3.05, 3.63) is 59.4 Å². The molecule has 0 saturated heterocycles. The Morgan fingerprint density at radius 1 is 1.17 bits per heavy atom. The zero-order valence-electron chi connectivity index (χ0n) is 14.0. The molecule has 2 N–H and O–H groups in total. The van der Waals surface area contributed by atoms with E-state index >= 15 is 0 Å². The number of ether oxygens (including phenoxy) is 1. The van der Waals surface area contributed by atoms with Crippen LogP contribution in [0.5, 0.6) is 0 Å². The molecule has 1 atom stereocenters. The van der Waals surface area contributed by atoms with Crippen LogP contribution in [0.1, 0.15) is 43.9 Å². The lowest BCUT2D eigenvalue weighted by Gasteiger charge is -2.32. The molecule has 0 radical (unpaired) electrons. The Kier molecular flexibility index (Phi) is 4.31. The number of amides is 1. The van der Waals surface area contributed by atoms with Crippen molar-refractivity contribution in [1.29, 1.82) is 0 Å². The number of hydrogen-bond acceptors (Lipinski definition) is 2. The van der Waals surface area contributed by atoms with E-state index in [9.17, 15) is 9.18 Å². The Bertz CT molecular complexity index is 751.